The van der Waals surface area contributed by atoms with Gasteiger partial charge in [0, 0.05) is 19.0 Å². The maximum atomic E-state index is 13.0. The van der Waals surface area contributed by atoms with Crippen LogP contribution in [0.15, 0.2) is 24.3 Å². The van der Waals surface area contributed by atoms with E-state index >= 15 is 0 Å². The van der Waals surface area contributed by atoms with Gasteiger partial charge in [-0.25, -0.2) is 0 Å². The Bertz CT molecular complexity index is 602. The highest BCUT2D eigenvalue weighted by molar-refractivity contribution is 5.85. The molecule has 1 atom stereocenters. The van der Waals surface area contributed by atoms with Crippen molar-refractivity contribution >= 4 is 11.8 Å². The second-order valence-electron chi connectivity index (χ2n) is 6.10. The Kier molecular flexibility index (Phi) is 5.85. The van der Waals surface area contributed by atoms with E-state index in [-0.39, 0.29) is 30.3 Å². The highest BCUT2D eigenvalue weighted by Crippen LogP contribution is 2.32. The highest BCUT2D eigenvalue weighted by Gasteiger charge is 2.33. The lowest BCUT2D eigenvalue weighted by atomic mass is 10.0. The molecule has 7 heteroatoms. The molecule has 0 bridgehead atoms. The van der Waals surface area contributed by atoms with E-state index in [1.807, 2.05) is 0 Å². The molecule has 1 aliphatic heterocycles. The molecule has 4 nitrogen and oxygen atoms in total. The zero-order chi connectivity index (χ0) is 17.7. The van der Waals surface area contributed by atoms with Crippen LogP contribution in [-0.2, 0) is 22.2 Å². The number of likely N-dealkylation sites (tertiary alicyclic amines) is 1. The Balaban J connectivity index is 1.92. The van der Waals surface area contributed by atoms with Crippen LogP contribution in [0.3, 0.4) is 0 Å². The number of amides is 2. The van der Waals surface area contributed by atoms with E-state index in [0.717, 1.165) is 18.9 Å². The molecule has 1 aromatic carbocycles. The van der Waals surface area contributed by atoms with Gasteiger partial charge >= 0.3 is 6.18 Å². The zero-order valence-electron chi connectivity index (χ0n) is 13.5. The van der Waals surface area contributed by atoms with E-state index in [9.17, 15) is 22.8 Å². The minimum absolute atomic E-state index is 0.0376. The summed E-state index contributed by atoms with van der Waals surface area (Å²) in [6, 6.07) is 4.89. The van der Waals surface area contributed by atoms with Gasteiger partial charge in [-0.2, -0.15) is 13.2 Å². The number of alkyl halides is 3. The lowest BCUT2D eigenvalue weighted by Crippen LogP contribution is -2.45. The number of carbonyl (C=O) groups excluding carboxylic acids is 2. The molecule has 0 saturated carbocycles. The van der Waals surface area contributed by atoms with Crippen LogP contribution >= 0.6 is 0 Å². The fourth-order valence-corrected chi connectivity index (χ4v) is 2.88. The molecule has 0 aromatic heterocycles. The Morgan fingerprint density at radius 2 is 2.00 bits per heavy atom. The molecule has 0 aliphatic carbocycles. The van der Waals surface area contributed by atoms with E-state index in [4.69, 9.17) is 0 Å². The molecule has 1 heterocycles. The summed E-state index contributed by atoms with van der Waals surface area (Å²) >= 11 is 0. The summed E-state index contributed by atoms with van der Waals surface area (Å²) in [4.78, 5) is 25.2. The van der Waals surface area contributed by atoms with Gasteiger partial charge in [0.05, 0.1) is 12.1 Å². The molecule has 1 aromatic rings. The molecule has 1 fully saturated rings. The highest BCUT2D eigenvalue weighted by atomic mass is 19.4. The van der Waals surface area contributed by atoms with Crippen molar-refractivity contribution in [3.8, 4) is 0 Å². The average molecular weight is 342 g/mol. The number of piperidine rings is 1. The third-order valence-corrected chi connectivity index (χ3v) is 4.01. The number of nitrogens with zero attached hydrogens (tertiary/aromatic N) is 1. The van der Waals surface area contributed by atoms with Crippen molar-refractivity contribution in [2.45, 2.75) is 44.8 Å². The topological polar surface area (TPSA) is 49.4 Å². The van der Waals surface area contributed by atoms with Crippen LogP contribution in [0.5, 0.6) is 0 Å². The largest absolute Gasteiger partial charge is 0.416 e. The van der Waals surface area contributed by atoms with Gasteiger partial charge < -0.3 is 10.2 Å². The minimum Gasteiger partial charge on any atom is -0.352 e. The molecule has 24 heavy (non-hydrogen) atoms. The van der Waals surface area contributed by atoms with Gasteiger partial charge in [-0.3, -0.25) is 9.59 Å². The van der Waals surface area contributed by atoms with E-state index in [2.05, 4.69) is 5.32 Å². The van der Waals surface area contributed by atoms with Crippen LogP contribution < -0.4 is 5.32 Å². The van der Waals surface area contributed by atoms with E-state index in [0.29, 0.717) is 13.0 Å². The molecule has 132 valence electrons. The second kappa shape index (κ2) is 7.68. The van der Waals surface area contributed by atoms with Gasteiger partial charge in [-0.15, -0.1) is 0 Å². The zero-order valence-corrected chi connectivity index (χ0v) is 13.5. The quantitative estimate of drug-likeness (QED) is 0.894. The Morgan fingerprint density at radius 3 is 2.67 bits per heavy atom. The Hall–Kier alpha value is -2.05. The number of carbonyl (C=O) groups is 2. The average Bonchev–Trinajstić information content (AvgIpc) is 2.49. The summed E-state index contributed by atoms with van der Waals surface area (Å²) < 4.78 is 38.9. The summed E-state index contributed by atoms with van der Waals surface area (Å²) in [7, 11) is 0. The minimum atomic E-state index is -4.42. The third kappa shape index (κ3) is 4.97. The molecular formula is C17H21F3N2O2. The fraction of sp³-hybridized carbons (Fsp3) is 0.529. The lowest BCUT2D eigenvalue weighted by molar-refractivity contribution is -0.138. The van der Waals surface area contributed by atoms with E-state index in [1.54, 1.807) is 13.0 Å². The van der Waals surface area contributed by atoms with Crippen LogP contribution in [0.25, 0.3) is 0 Å². The maximum absolute atomic E-state index is 13.0. The number of rotatable bonds is 5. The second-order valence-corrected chi connectivity index (χ2v) is 6.10. The number of benzene rings is 1. The first-order valence-corrected chi connectivity index (χ1v) is 7.99. The van der Waals surface area contributed by atoms with Crippen molar-refractivity contribution in [3.05, 3.63) is 35.4 Å². The van der Waals surface area contributed by atoms with Crippen LogP contribution in [0.2, 0.25) is 0 Å². The fourth-order valence-electron chi connectivity index (χ4n) is 2.88. The number of hydrogen-bond donors (Lipinski definition) is 1. The summed E-state index contributed by atoms with van der Waals surface area (Å²) in [5.41, 5.74) is -0.538. The molecule has 1 unspecified atom stereocenters. The molecule has 1 aliphatic rings. The van der Waals surface area contributed by atoms with E-state index in [1.165, 1.54) is 17.0 Å². The van der Waals surface area contributed by atoms with Crippen LogP contribution in [0.4, 0.5) is 13.2 Å². The summed E-state index contributed by atoms with van der Waals surface area (Å²) in [5.74, 6) is -0.395. The molecule has 0 radical (unpaired) electrons. The van der Waals surface area contributed by atoms with Crippen LogP contribution in [-0.4, -0.2) is 35.8 Å². The monoisotopic (exact) mass is 342 g/mol. The lowest BCUT2D eigenvalue weighted by Gasteiger charge is -2.27. The van der Waals surface area contributed by atoms with Crippen molar-refractivity contribution in [3.63, 3.8) is 0 Å². The first-order valence-electron chi connectivity index (χ1n) is 7.99. The van der Waals surface area contributed by atoms with Crippen LogP contribution in [0.1, 0.15) is 37.3 Å². The normalized spacial score (nSPS) is 16.8. The number of halogens is 3. The molecule has 2 rings (SSSR count). The third-order valence-electron chi connectivity index (χ3n) is 4.01. The maximum Gasteiger partial charge on any atom is 0.416 e. The summed E-state index contributed by atoms with van der Waals surface area (Å²) in [5, 5.41) is 2.67. The summed E-state index contributed by atoms with van der Waals surface area (Å²) in [6.07, 6.45) is -2.19. The molecule has 1 N–H and O–H groups in total. The van der Waals surface area contributed by atoms with Crippen LogP contribution in [0, 0.1) is 0 Å². The Labute approximate surface area is 139 Å². The van der Waals surface area contributed by atoms with Gasteiger partial charge in [0.25, 0.3) is 0 Å². The number of hydrogen-bond acceptors (Lipinski definition) is 2. The first-order chi connectivity index (χ1) is 11.3. The smallest absolute Gasteiger partial charge is 0.352 e. The van der Waals surface area contributed by atoms with Gasteiger partial charge in [-0.05, 0) is 37.8 Å². The predicted octanol–water partition coefficient (Wildman–Crippen LogP) is 2.77. The van der Waals surface area contributed by atoms with Crippen molar-refractivity contribution in [2.75, 3.05) is 13.1 Å². The Morgan fingerprint density at radius 1 is 1.29 bits per heavy atom. The standard InChI is InChI=1S/C17H21F3N2O2/c1-12(10-13-6-2-3-7-14(13)17(18,19)20)21-15(23)11-22-9-5-4-8-16(22)24/h2-3,6-7,12H,4-5,8-11H2,1H3,(H,21,23). The molecule has 0 spiro atoms. The number of nitrogens with one attached hydrogen (secondary N) is 1. The van der Waals surface area contributed by atoms with Gasteiger partial charge in [0.1, 0.15) is 0 Å². The molecule has 1 saturated heterocycles. The van der Waals surface area contributed by atoms with Gasteiger partial charge in [0.2, 0.25) is 11.8 Å². The van der Waals surface area contributed by atoms with Crippen molar-refractivity contribution < 1.29 is 22.8 Å². The van der Waals surface area contributed by atoms with Crippen molar-refractivity contribution in [1.29, 1.82) is 0 Å². The molecule has 2 amide bonds. The van der Waals surface area contributed by atoms with Gasteiger partial charge in [0.15, 0.2) is 0 Å². The van der Waals surface area contributed by atoms with Crippen molar-refractivity contribution in [2.24, 2.45) is 0 Å². The van der Waals surface area contributed by atoms with Crippen molar-refractivity contribution in [1.82, 2.24) is 10.2 Å². The summed E-state index contributed by atoms with van der Waals surface area (Å²) in [6.45, 7) is 2.17. The molecular weight excluding hydrogens is 321 g/mol. The predicted molar refractivity (Wildman–Crippen MR) is 83.2 cm³/mol. The first kappa shape index (κ1) is 18.3. The van der Waals surface area contributed by atoms with E-state index < -0.39 is 17.8 Å². The SMILES string of the molecule is CC(Cc1ccccc1C(F)(F)F)NC(=O)CN1CCCCC1=O. The van der Waals surface area contributed by atoms with Gasteiger partial charge in [-0.1, -0.05) is 18.2 Å².